The fourth-order valence-corrected chi connectivity index (χ4v) is 1.13. The van der Waals surface area contributed by atoms with Crippen molar-refractivity contribution in [2.24, 2.45) is 0 Å². The smallest absolute Gasteiger partial charge is 0.225 e. The molecule has 1 aliphatic rings. The van der Waals surface area contributed by atoms with Crippen LogP contribution >= 0.6 is 0 Å². The third-order valence-corrected chi connectivity index (χ3v) is 1.82. The van der Waals surface area contributed by atoms with Gasteiger partial charge in [-0.25, -0.2) is 0 Å². The molecule has 1 aromatic carbocycles. The minimum absolute atomic E-state index is 0.275. The van der Waals surface area contributed by atoms with Gasteiger partial charge >= 0.3 is 0 Å². The summed E-state index contributed by atoms with van der Waals surface area (Å²) in [6.45, 7) is 0.380. The average molecular weight is 178 g/mol. The third-order valence-electron chi connectivity index (χ3n) is 1.82. The van der Waals surface area contributed by atoms with Crippen LogP contribution in [0, 0.1) is 0 Å². The summed E-state index contributed by atoms with van der Waals surface area (Å²) in [7, 11) is 0. The number of ketones is 1. The zero-order valence-electron chi connectivity index (χ0n) is 6.65. The van der Waals surface area contributed by atoms with Gasteiger partial charge in [-0.1, -0.05) is 12.1 Å². The molecule has 13 heavy (non-hydrogen) atoms. The van der Waals surface area contributed by atoms with Gasteiger partial charge in [0.1, 0.15) is 6.61 Å². The lowest BCUT2D eigenvalue weighted by molar-refractivity contribution is -0.194. The van der Waals surface area contributed by atoms with Crippen molar-refractivity contribution >= 4 is 12.1 Å². The van der Waals surface area contributed by atoms with Gasteiger partial charge in [-0.15, -0.1) is 0 Å². The summed E-state index contributed by atoms with van der Waals surface area (Å²) in [6.07, 6.45) is 0.275. The highest BCUT2D eigenvalue weighted by Crippen LogP contribution is 2.26. The van der Waals surface area contributed by atoms with E-state index in [1.165, 1.54) is 6.07 Å². The van der Waals surface area contributed by atoms with Crippen LogP contribution in [0.4, 0.5) is 0 Å². The molecule has 0 N–H and O–H groups in total. The van der Waals surface area contributed by atoms with Crippen molar-refractivity contribution in [2.75, 3.05) is 0 Å². The van der Waals surface area contributed by atoms with Gasteiger partial charge < -0.3 is 4.89 Å². The quantitative estimate of drug-likeness (QED) is 0.292. The molecule has 4 nitrogen and oxygen atoms in total. The molecule has 0 amide bonds. The maximum atomic E-state index is 10.9. The highest BCUT2D eigenvalue weighted by molar-refractivity contribution is 6.33. The van der Waals surface area contributed by atoms with E-state index in [9.17, 15) is 9.59 Å². The minimum Gasteiger partial charge on any atom is -0.337 e. The molecule has 0 spiro atoms. The van der Waals surface area contributed by atoms with Crippen LogP contribution in [0.25, 0.3) is 0 Å². The number of rotatable bonds is 2. The zero-order valence-corrected chi connectivity index (χ0v) is 6.65. The molecule has 1 aliphatic heterocycles. The first-order valence-corrected chi connectivity index (χ1v) is 3.73. The van der Waals surface area contributed by atoms with Crippen LogP contribution in [0.1, 0.15) is 15.9 Å². The van der Waals surface area contributed by atoms with Crippen molar-refractivity contribution in [3.05, 3.63) is 29.3 Å². The molecule has 0 bridgehead atoms. The maximum absolute atomic E-state index is 10.9. The number of Topliss-reactive ketones (excluding diaryl/α,β-unsaturated/α-hetero) is 1. The first kappa shape index (κ1) is 7.94. The van der Waals surface area contributed by atoms with Gasteiger partial charge in [-0.05, 0) is 6.07 Å². The minimum atomic E-state index is -0.557. The molecule has 0 radical (unpaired) electrons. The maximum Gasteiger partial charge on any atom is 0.225 e. The van der Waals surface area contributed by atoms with Gasteiger partial charge in [0.05, 0.1) is 0 Å². The van der Waals surface area contributed by atoms with E-state index in [0.717, 1.165) is 5.56 Å². The van der Waals surface area contributed by atoms with E-state index in [1.807, 2.05) is 0 Å². The topological polar surface area (TPSA) is 52.6 Å². The number of hydrogen-bond acceptors (Lipinski definition) is 4. The number of aldehydes is 1. The van der Waals surface area contributed by atoms with E-state index in [2.05, 4.69) is 4.89 Å². The van der Waals surface area contributed by atoms with Crippen molar-refractivity contribution < 1.29 is 19.4 Å². The van der Waals surface area contributed by atoms with E-state index in [1.54, 1.807) is 12.1 Å². The molecule has 0 saturated heterocycles. The van der Waals surface area contributed by atoms with Gasteiger partial charge in [-0.2, -0.15) is 4.89 Å². The average Bonchev–Trinajstić information content (AvgIpc) is 2.63. The second kappa shape index (κ2) is 2.99. The lowest BCUT2D eigenvalue weighted by Gasteiger charge is -1.96. The number of benzene rings is 1. The lowest BCUT2D eigenvalue weighted by Crippen LogP contribution is -1.99. The van der Waals surface area contributed by atoms with Crippen LogP contribution < -0.4 is 4.89 Å². The molecule has 0 unspecified atom stereocenters. The van der Waals surface area contributed by atoms with E-state index in [0.29, 0.717) is 17.9 Å². The second-order valence-electron chi connectivity index (χ2n) is 2.65. The molecule has 1 heterocycles. The van der Waals surface area contributed by atoms with E-state index in [-0.39, 0.29) is 6.29 Å². The van der Waals surface area contributed by atoms with Gasteiger partial charge in [0.25, 0.3) is 0 Å². The van der Waals surface area contributed by atoms with E-state index < -0.39 is 5.78 Å². The Morgan fingerprint density at radius 3 is 3.08 bits per heavy atom. The third kappa shape index (κ3) is 1.31. The second-order valence-corrected chi connectivity index (χ2v) is 2.65. The molecule has 0 aliphatic carbocycles. The Morgan fingerprint density at radius 1 is 1.46 bits per heavy atom. The molecule has 0 fully saturated rings. The predicted octanol–water partition coefficient (Wildman–Crippen LogP) is 0.892. The Morgan fingerprint density at radius 2 is 2.31 bits per heavy atom. The van der Waals surface area contributed by atoms with E-state index in [4.69, 9.17) is 4.89 Å². The molecule has 0 atom stereocenters. The first-order valence-electron chi connectivity index (χ1n) is 3.73. The highest BCUT2D eigenvalue weighted by atomic mass is 17.2. The monoisotopic (exact) mass is 178 g/mol. The van der Waals surface area contributed by atoms with Crippen LogP contribution in [0.2, 0.25) is 0 Å². The first-order chi connectivity index (χ1) is 6.31. The van der Waals surface area contributed by atoms with Crippen molar-refractivity contribution in [1.29, 1.82) is 0 Å². The van der Waals surface area contributed by atoms with Crippen molar-refractivity contribution in [2.45, 2.75) is 6.61 Å². The lowest BCUT2D eigenvalue weighted by atomic mass is 10.1. The van der Waals surface area contributed by atoms with Gasteiger partial charge in [-0.3, -0.25) is 9.59 Å². The molecular weight excluding hydrogens is 172 g/mol. The summed E-state index contributed by atoms with van der Waals surface area (Å²) in [4.78, 5) is 30.6. The standard InChI is InChI=1S/C9H6O4/c10-4-8(11)6-1-2-7-5-12-13-9(7)3-6/h1-4H,5H2. The van der Waals surface area contributed by atoms with Gasteiger partial charge in [0.15, 0.2) is 12.0 Å². The summed E-state index contributed by atoms with van der Waals surface area (Å²) in [5.74, 6) is -0.0500. The predicted molar refractivity (Wildman–Crippen MR) is 42.3 cm³/mol. The summed E-state index contributed by atoms with van der Waals surface area (Å²) < 4.78 is 0. The molecule has 1 aromatic rings. The van der Waals surface area contributed by atoms with Crippen LogP contribution in [0.5, 0.6) is 5.75 Å². The summed E-state index contributed by atoms with van der Waals surface area (Å²) in [5, 5.41) is 0. The Bertz CT molecular complexity index is 370. The number of carbonyl (C=O) groups excluding carboxylic acids is 2. The highest BCUT2D eigenvalue weighted by Gasteiger charge is 2.15. The zero-order chi connectivity index (χ0) is 9.26. The van der Waals surface area contributed by atoms with Gasteiger partial charge in [0.2, 0.25) is 5.78 Å². The molecule has 4 heteroatoms. The number of carbonyl (C=O) groups is 2. The van der Waals surface area contributed by atoms with E-state index >= 15 is 0 Å². The molecule has 66 valence electrons. The Balaban J connectivity index is 2.41. The van der Waals surface area contributed by atoms with Crippen LogP contribution in [0.3, 0.4) is 0 Å². The molecule has 2 rings (SSSR count). The number of hydrogen-bond donors (Lipinski definition) is 0. The Hall–Kier alpha value is -1.68. The molecule has 0 aromatic heterocycles. The van der Waals surface area contributed by atoms with Crippen LogP contribution in [-0.2, 0) is 16.3 Å². The fraction of sp³-hybridized carbons (Fsp3) is 0.111. The van der Waals surface area contributed by atoms with Crippen molar-refractivity contribution in [1.82, 2.24) is 0 Å². The fourth-order valence-electron chi connectivity index (χ4n) is 1.13. The SMILES string of the molecule is O=CC(=O)c1ccc2c(c1)OOC2. The molecule has 0 saturated carbocycles. The Labute approximate surface area is 74.0 Å². The van der Waals surface area contributed by atoms with Crippen molar-refractivity contribution in [3.63, 3.8) is 0 Å². The summed E-state index contributed by atoms with van der Waals surface area (Å²) in [5.41, 5.74) is 1.20. The summed E-state index contributed by atoms with van der Waals surface area (Å²) in [6, 6.07) is 4.78. The van der Waals surface area contributed by atoms with Gasteiger partial charge in [0, 0.05) is 11.1 Å². The van der Waals surface area contributed by atoms with Crippen LogP contribution in [0.15, 0.2) is 18.2 Å². The largest absolute Gasteiger partial charge is 0.337 e. The Kier molecular flexibility index (Phi) is 1.83. The summed E-state index contributed by atoms with van der Waals surface area (Å²) >= 11 is 0. The number of fused-ring (bicyclic) bond motifs is 1. The van der Waals surface area contributed by atoms with Crippen LogP contribution in [-0.4, -0.2) is 12.1 Å². The molecular formula is C9H6O4. The van der Waals surface area contributed by atoms with Crippen molar-refractivity contribution in [3.8, 4) is 5.75 Å². The normalized spacial score (nSPS) is 13.2.